The van der Waals surface area contributed by atoms with Gasteiger partial charge in [-0.25, -0.2) is 0 Å². The van der Waals surface area contributed by atoms with Crippen LogP contribution in [0.1, 0.15) is 69.1 Å². The Balaban J connectivity index is 1.60. The minimum Gasteiger partial charge on any atom is -0.303 e. The molecule has 0 aliphatic heterocycles. The van der Waals surface area contributed by atoms with E-state index in [4.69, 9.17) is 0 Å². The van der Waals surface area contributed by atoms with E-state index in [1.807, 2.05) is 24.4 Å². The highest BCUT2D eigenvalue weighted by molar-refractivity contribution is 5.79. The molecule has 0 fully saturated rings. The third-order valence-corrected chi connectivity index (χ3v) is 5.11. The van der Waals surface area contributed by atoms with Crippen molar-refractivity contribution in [2.45, 2.75) is 65.3 Å². The highest BCUT2D eigenvalue weighted by atomic mass is 15.1. The van der Waals surface area contributed by atoms with Gasteiger partial charge in [0.1, 0.15) is 0 Å². The molecule has 0 aliphatic carbocycles. The largest absolute Gasteiger partial charge is 0.303 e. The maximum atomic E-state index is 4.55. The second-order valence-electron chi connectivity index (χ2n) is 7.70. The first-order valence-corrected chi connectivity index (χ1v) is 11.2. The number of aryl methyl sites for hydroxylation is 1. The number of benzene rings is 2. The second kappa shape index (κ2) is 14.1. The lowest BCUT2D eigenvalue weighted by Crippen LogP contribution is -2.26. The molecule has 0 aliphatic rings. The Bertz CT molecular complexity index is 640. The fourth-order valence-electron chi connectivity index (χ4n) is 3.59. The van der Waals surface area contributed by atoms with E-state index in [0.717, 1.165) is 12.1 Å². The normalized spacial score (nSPS) is 11.5. The minimum atomic E-state index is 0.751. The van der Waals surface area contributed by atoms with Gasteiger partial charge in [-0.15, -0.1) is 0 Å². The summed E-state index contributed by atoms with van der Waals surface area (Å²) in [5.41, 5.74) is 3.89. The van der Waals surface area contributed by atoms with E-state index in [2.05, 4.69) is 60.1 Å². The molecule has 152 valence electrons. The maximum absolute atomic E-state index is 4.55. The predicted molar refractivity (Wildman–Crippen MR) is 123 cm³/mol. The molecule has 0 radical (unpaired) electrons. The fraction of sp³-hybridized carbons (Fsp3) is 0.500. The molecule has 0 saturated heterocycles. The van der Waals surface area contributed by atoms with Gasteiger partial charge in [0.25, 0.3) is 0 Å². The molecule has 0 saturated carbocycles. The third-order valence-electron chi connectivity index (χ3n) is 5.11. The number of hydrogen-bond donors (Lipinski definition) is 0. The van der Waals surface area contributed by atoms with Gasteiger partial charge in [0, 0.05) is 6.21 Å². The first-order chi connectivity index (χ1) is 13.8. The van der Waals surface area contributed by atoms with Crippen LogP contribution < -0.4 is 0 Å². The predicted octanol–water partition coefficient (Wildman–Crippen LogP) is 6.53. The van der Waals surface area contributed by atoms with Gasteiger partial charge in [0.15, 0.2) is 0 Å². The molecule has 0 atom stereocenters. The van der Waals surface area contributed by atoms with E-state index in [1.165, 1.54) is 75.7 Å². The molecule has 0 aromatic heterocycles. The van der Waals surface area contributed by atoms with Crippen LogP contribution in [-0.4, -0.2) is 30.7 Å². The van der Waals surface area contributed by atoms with Crippen LogP contribution >= 0.6 is 0 Å². The Morgan fingerprint density at radius 3 is 2.04 bits per heavy atom. The molecule has 28 heavy (non-hydrogen) atoms. The summed E-state index contributed by atoms with van der Waals surface area (Å²) in [7, 11) is 0. The van der Waals surface area contributed by atoms with E-state index in [1.54, 1.807) is 0 Å². The Labute approximate surface area is 172 Å². The van der Waals surface area contributed by atoms with Crippen molar-refractivity contribution in [3.63, 3.8) is 0 Å². The lowest BCUT2D eigenvalue weighted by Gasteiger charge is -2.20. The first-order valence-electron chi connectivity index (χ1n) is 11.2. The van der Waals surface area contributed by atoms with Crippen LogP contribution in [-0.2, 0) is 13.0 Å². The number of hydrogen-bond acceptors (Lipinski definition) is 2. The summed E-state index contributed by atoms with van der Waals surface area (Å²) < 4.78 is 0. The molecule has 2 aromatic rings. The average Bonchev–Trinajstić information content (AvgIpc) is 2.73. The second-order valence-corrected chi connectivity index (χ2v) is 7.70. The number of unbranched alkanes of at least 4 members (excludes halogenated alkanes) is 3. The molecule has 0 N–H and O–H groups in total. The summed E-state index contributed by atoms with van der Waals surface area (Å²) in [6.45, 7) is 9.11. The highest BCUT2D eigenvalue weighted by Crippen LogP contribution is 2.11. The van der Waals surface area contributed by atoms with Crippen molar-refractivity contribution in [3.8, 4) is 0 Å². The lowest BCUT2D eigenvalue weighted by molar-refractivity contribution is 0.268. The summed E-state index contributed by atoms with van der Waals surface area (Å²) in [5.74, 6) is 0. The van der Waals surface area contributed by atoms with E-state index in [-0.39, 0.29) is 0 Å². The standard InChI is InChI=1S/C26H38N2/c1-3-19-28(20-4-2)21-11-6-5-8-12-24-15-17-26(18-16-24)23-27-22-25-13-9-7-10-14-25/h7,9-10,13-18,22H,3-6,8,11-12,19-21,23H2,1-2H3. The topological polar surface area (TPSA) is 15.6 Å². The van der Waals surface area contributed by atoms with Crippen LogP contribution in [0.15, 0.2) is 59.6 Å². The van der Waals surface area contributed by atoms with Crippen molar-refractivity contribution < 1.29 is 0 Å². The molecule has 0 unspecified atom stereocenters. The van der Waals surface area contributed by atoms with Crippen molar-refractivity contribution in [2.24, 2.45) is 4.99 Å². The van der Waals surface area contributed by atoms with Crippen molar-refractivity contribution in [2.75, 3.05) is 19.6 Å². The smallest absolute Gasteiger partial charge is 0.0639 e. The van der Waals surface area contributed by atoms with Gasteiger partial charge in [0.05, 0.1) is 6.54 Å². The van der Waals surface area contributed by atoms with E-state index >= 15 is 0 Å². The van der Waals surface area contributed by atoms with Gasteiger partial charge in [0.2, 0.25) is 0 Å². The Morgan fingerprint density at radius 1 is 0.714 bits per heavy atom. The van der Waals surface area contributed by atoms with Crippen LogP contribution in [0.4, 0.5) is 0 Å². The van der Waals surface area contributed by atoms with Crippen LogP contribution in [0.25, 0.3) is 0 Å². The van der Waals surface area contributed by atoms with Gasteiger partial charge in [-0.2, -0.15) is 0 Å². The minimum absolute atomic E-state index is 0.751. The van der Waals surface area contributed by atoms with E-state index < -0.39 is 0 Å². The summed E-state index contributed by atoms with van der Waals surface area (Å²) in [4.78, 5) is 7.17. The van der Waals surface area contributed by atoms with Crippen molar-refractivity contribution in [3.05, 3.63) is 71.3 Å². The van der Waals surface area contributed by atoms with Crippen LogP contribution in [0.3, 0.4) is 0 Å². The number of nitrogens with zero attached hydrogens (tertiary/aromatic N) is 2. The van der Waals surface area contributed by atoms with Gasteiger partial charge >= 0.3 is 0 Å². The van der Waals surface area contributed by atoms with Crippen molar-refractivity contribution >= 4 is 6.21 Å². The van der Waals surface area contributed by atoms with E-state index in [0.29, 0.717) is 0 Å². The molecule has 0 amide bonds. The van der Waals surface area contributed by atoms with Gasteiger partial charge < -0.3 is 4.90 Å². The fourth-order valence-corrected chi connectivity index (χ4v) is 3.59. The van der Waals surface area contributed by atoms with Crippen LogP contribution in [0.5, 0.6) is 0 Å². The zero-order valence-corrected chi connectivity index (χ0v) is 17.9. The zero-order valence-electron chi connectivity index (χ0n) is 17.9. The van der Waals surface area contributed by atoms with Crippen molar-refractivity contribution in [1.82, 2.24) is 4.90 Å². The first kappa shape index (κ1) is 22.4. The summed E-state index contributed by atoms with van der Waals surface area (Å²) in [5, 5.41) is 0. The zero-order chi connectivity index (χ0) is 19.9. The molecule has 2 heteroatoms. The summed E-state index contributed by atoms with van der Waals surface area (Å²) >= 11 is 0. The summed E-state index contributed by atoms with van der Waals surface area (Å²) in [6, 6.07) is 19.3. The Morgan fingerprint density at radius 2 is 1.36 bits per heavy atom. The monoisotopic (exact) mass is 378 g/mol. The van der Waals surface area contributed by atoms with Crippen LogP contribution in [0, 0.1) is 0 Å². The number of rotatable bonds is 14. The molecule has 2 nitrogen and oxygen atoms in total. The Kier molecular flexibility index (Phi) is 11.3. The Hall–Kier alpha value is -1.93. The molecule has 0 spiro atoms. The molecule has 0 bridgehead atoms. The third kappa shape index (κ3) is 9.32. The average molecular weight is 379 g/mol. The summed E-state index contributed by atoms with van der Waals surface area (Å²) in [6.07, 6.45) is 11.0. The van der Waals surface area contributed by atoms with Gasteiger partial charge in [-0.3, -0.25) is 4.99 Å². The van der Waals surface area contributed by atoms with E-state index in [9.17, 15) is 0 Å². The highest BCUT2D eigenvalue weighted by Gasteiger charge is 2.02. The van der Waals surface area contributed by atoms with Gasteiger partial charge in [-0.1, -0.05) is 81.3 Å². The quantitative estimate of drug-likeness (QED) is 0.269. The molecule has 0 heterocycles. The van der Waals surface area contributed by atoms with Crippen LogP contribution in [0.2, 0.25) is 0 Å². The molecular formula is C26H38N2. The molecule has 2 aromatic carbocycles. The van der Waals surface area contributed by atoms with Crippen molar-refractivity contribution in [1.29, 1.82) is 0 Å². The lowest BCUT2D eigenvalue weighted by atomic mass is 10.0. The van der Waals surface area contributed by atoms with Gasteiger partial charge in [-0.05, 0) is 68.4 Å². The molecule has 2 rings (SSSR count). The maximum Gasteiger partial charge on any atom is 0.0639 e. The number of aliphatic imine (C=N–C) groups is 1. The molecular weight excluding hydrogens is 340 g/mol. The SMILES string of the molecule is CCCN(CCC)CCCCCCc1ccc(CN=Cc2ccccc2)cc1.